The standard InChI is InChI=1S/C17H20N2O/c1-19(17(20)16-7-4-10-18-16)12-13-8-9-14-5-2-3-6-15(14)11-13/h2-3,5-6,8-9,11,16,18H,4,7,10,12H2,1H3. The van der Waals surface area contributed by atoms with Crippen LogP contribution in [0, 0.1) is 0 Å². The number of hydrogen-bond donors (Lipinski definition) is 1. The number of rotatable bonds is 3. The number of likely N-dealkylation sites (N-methyl/N-ethyl adjacent to an activating group) is 1. The maximum Gasteiger partial charge on any atom is 0.239 e. The van der Waals surface area contributed by atoms with E-state index in [0.717, 1.165) is 19.4 Å². The van der Waals surface area contributed by atoms with Gasteiger partial charge in [0.25, 0.3) is 0 Å². The Morgan fingerprint density at radius 3 is 2.80 bits per heavy atom. The van der Waals surface area contributed by atoms with Crippen molar-refractivity contribution in [1.82, 2.24) is 10.2 Å². The SMILES string of the molecule is CN(Cc1ccc2ccccc2c1)C(=O)C1CCCN1. The normalized spacial score (nSPS) is 18.4. The molecule has 3 rings (SSSR count). The van der Waals surface area contributed by atoms with E-state index in [1.165, 1.54) is 16.3 Å². The van der Waals surface area contributed by atoms with E-state index in [-0.39, 0.29) is 11.9 Å². The monoisotopic (exact) mass is 268 g/mol. The van der Waals surface area contributed by atoms with Gasteiger partial charge in [0.1, 0.15) is 0 Å². The van der Waals surface area contributed by atoms with Crippen molar-refractivity contribution in [1.29, 1.82) is 0 Å². The van der Waals surface area contributed by atoms with Gasteiger partial charge in [-0.2, -0.15) is 0 Å². The average molecular weight is 268 g/mol. The van der Waals surface area contributed by atoms with E-state index in [0.29, 0.717) is 6.54 Å². The number of fused-ring (bicyclic) bond motifs is 1. The van der Waals surface area contributed by atoms with E-state index in [9.17, 15) is 4.79 Å². The summed E-state index contributed by atoms with van der Waals surface area (Å²) in [5.74, 6) is 0.204. The predicted molar refractivity (Wildman–Crippen MR) is 81.4 cm³/mol. The fourth-order valence-corrected chi connectivity index (χ4v) is 2.85. The first kappa shape index (κ1) is 13.1. The molecular weight excluding hydrogens is 248 g/mol. The largest absolute Gasteiger partial charge is 0.340 e. The molecule has 3 heteroatoms. The molecule has 2 aromatic rings. The van der Waals surface area contributed by atoms with Gasteiger partial charge in [0, 0.05) is 13.6 Å². The summed E-state index contributed by atoms with van der Waals surface area (Å²) in [7, 11) is 1.89. The Morgan fingerprint density at radius 2 is 2.05 bits per heavy atom. The molecule has 1 atom stereocenters. The van der Waals surface area contributed by atoms with Crippen LogP contribution in [0.25, 0.3) is 10.8 Å². The van der Waals surface area contributed by atoms with E-state index in [1.54, 1.807) is 0 Å². The Bertz CT molecular complexity index is 617. The maximum atomic E-state index is 12.3. The molecule has 1 unspecified atom stereocenters. The Labute approximate surface area is 119 Å². The fourth-order valence-electron chi connectivity index (χ4n) is 2.85. The first-order chi connectivity index (χ1) is 9.74. The Kier molecular flexibility index (Phi) is 3.70. The van der Waals surface area contributed by atoms with Gasteiger partial charge in [-0.1, -0.05) is 36.4 Å². The fraction of sp³-hybridized carbons (Fsp3) is 0.353. The summed E-state index contributed by atoms with van der Waals surface area (Å²) in [6.07, 6.45) is 2.06. The minimum Gasteiger partial charge on any atom is -0.340 e. The topological polar surface area (TPSA) is 32.3 Å². The number of carbonyl (C=O) groups excluding carboxylic acids is 1. The van der Waals surface area contributed by atoms with E-state index in [1.807, 2.05) is 24.1 Å². The van der Waals surface area contributed by atoms with Crippen LogP contribution < -0.4 is 5.32 Å². The van der Waals surface area contributed by atoms with Crippen molar-refractivity contribution in [3.8, 4) is 0 Å². The molecule has 3 nitrogen and oxygen atoms in total. The zero-order valence-corrected chi connectivity index (χ0v) is 11.8. The molecule has 1 fully saturated rings. The summed E-state index contributed by atoms with van der Waals surface area (Å²) in [6.45, 7) is 1.63. The summed E-state index contributed by atoms with van der Waals surface area (Å²) in [6, 6.07) is 14.7. The summed E-state index contributed by atoms with van der Waals surface area (Å²) in [4.78, 5) is 14.1. The van der Waals surface area contributed by atoms with E-state index in [2.05, 4.69) is 35.6 Å². The average Bonchev–Trinajstić information content (AvgIpc) is 3.00. The lowest BCUT2D eigenvalue weighted by Gasteiger charge is -2.21. The highest BCUT2D eigenvalue weighted by atomic mass is 16.2. The third kappa shape index (κ3) is 2.68. The number of nitrogens with one attached hydrogen (secondary N) is 1. The highest BCUT2D eigenvalue weighted by molar-refractivity contribution is 5.84. The van der Waals surface area contributed by atoms with Crippen LogP contribution >= 0.6 is 0 Å². The molecule has 1 heterocycles. The van der Waals surface area contributed by atoms with Crippen LogP contribution in [-0.2, 0) is 11.3 Å². The summed E-state index contributed by atoms with van der Waals surface area (Å²) >= 11 is 0. The van der Waals surface area contributed by atoms with Gasteiger partial charge in [0.15, 0.2) is 0 Å². The van der Waals surface area contributed by atoms with Crippen molar-refractivity contribution in [2.45, 2.75) is 25.4 Å². The van der Waals surface area contributed by atoms with E-state index in [4.69, 9.17) is 0 Å². The second-order valence-corrected chi connectivity index (χ2v) is 5.52. The van der Waals surface area contributed by atoms with Crippen molar-refractivity contribution in [3.05, 3.63) is 48.0 Å². The van der Waals surface area contributed by atoms with Gasteiger partial charge in [0.2, 0.25) is 5.91 Å². The molecule has 0 radical (unpaired) electrons. The lowest BCUT2D eigenvalue weighted by Crippen LogP contribution is -2.41. The highest BCUT2D eigenvalue weighted by Gasteiger charge is 2.24. The number of hydrogen-bond acceptors (Lipinski definition) is 2. The molecule has 1 aliphatic heterocycles. The Morgan fingerprint density at radius 1 is 1.25 bits per heavy atom. The molecule has 0 bridgehead atoms. The molecule has 0 saturated carbocycles. The number of nitrogens with zero attached hydrogens (tertiary/aromatic N) is 1. The second-order valence-electron chi connectivity index (χ2n) is 5.52. The highest BCUT2D eigenvalue weighted by Crippen LogP contribution is 2.17. The van der Waals surface area contributed by atoms with E-state index >= 15 is 0 Å². The van der Waals surface area contributed by atoms with Gasteiger partial charge >= 0.3 is 0 Å². The van der Waals surface area contributed by atoms with Gasteiger partial charge in [-0.15, -0.1) is 0 Å². The van der Waals surface area contributed by atoms with Gasteiger partial charge in [-0.05, 0) is 41.8 Å². The Balaban J connectivity index is 1.73. The molecular formula is C17H20N2O. The molecule has 1 N–H and O–H groups in total. The first-order valence-electron chi connectivity index (χ1n) is 7.20. The van der Waals surface area contributed by atoms with Gasteiger partial charge in [-0.3, -0.25) is 4.79 Å². The Hall–Kier alpha value is -1.87. The zero-order chi connectivity index (χ0) is 13.9. The van der Waals surface area contributed by atoms with Crippen LogP contribution in [0.3, 0.4) is 0 Å². The number of benzene rings is 2. The molecule has 104 valence electrons. The molecule has 0 aromatic heterocycles. The van der Waals surface area contributed by atoms with Crippen molar-refractivity contribution in [3.63, 3.8) is 0 Å². The molecule has 2 aromatic carbocycles. The number of carbonyl (C=O) groups is 1. The van der Waals surface area contributed by atoms with Crippen LogP contribution in [0.5, 0.6) is 0 Å². The molecule has 0 spiro atoms. The van der Waals surface area contributed by atoms with Crippen LogP contribution in [0.1, 0.15) is 18.4 Å². The molecule has 20 heavy (non-hydrogen) atoms. The van der Waals surface area contributed by atoms with Gasteiger partial charge in [-0.25, -0.2) is 0 Å². The van der Waals surface area contributed by atoms with Crippen molar-refractivity contribution in [2.24, 2.45) is 0 Å². The minimum absolute atomic E-state index is 0.0143. The third-order valence-electron chi connectivity index (χ3n) is 3.97. The van der Waals surface area contributed by atoms with Crippen molar-refractivity contribution < 1.29 is 4.79 Å². The van der Waals surface area contributed by atoms with Crippen molar-refractivity contribution in [2.75, 3.05) is 13.6 Å². The molecule has 1 saturated heterocycles. The maximum absolute atomic E-state index is 12.3. The van der Waals surface area contributed by atoms with Crippen molar-refractivity contribution >= 4 is 16.7 Å². The summed E-state index contributed by atoms with van der Waals surface area (Å²) < 4.78 is 0. The quantitative estimate of drug-likeness (QED) is 0.928. The summed E-state index contributed by atoms with van der Waals surface area (Å²) in [5, 5.41) is 5.73. The van der Waals surface area contributed by atoms with Crippen LogP contribution in [0.15, 0.2) is 42.5 Å². The molecule has 1 amide bonds. The first-order valence-corrected chi connectivity index (χ1v) is 7.20. The number of amides is 1. The predicted octanol–water partition coefficient (Wildman–Crippen LogP) is 2.55. The lowest BCUT2D eigenvalue weighted by molar-refractivity contribution is -0.132. The summed E-state index contributed by atoms with van der Waals surface area (Å²) in [5.41, 5.74) is 1.18. The van der Waals surface area contributed by atoms with Crippen LogP contribution in [0.4, 0.5) is 0 Å². The zero-order valence-electron chi connectivity index (χ0n) is 11.8. The van der Waals surface area contributed by atoms with Gasteiger partial charge in [0.05, 0.1) is 6.04 Å². The van der Waals surface area contributed by atoms with E-state index < -0.39 is 0 Å². The lowest BCUT2D eigenvalue weighted by atomic mass is 10.1. The minimum atomic E-state index is 0.0143. The van der Waals surface area contributed by atoms with Crippen LogP contribution in [-0.4, -0.2) is 30.4 Å². The molecule has 1 aliphatic rings. The second kappa shape index (κ2) is 5.63. The van der Waals surface area contributed by atoms with Crippen LogP contribution in [0.2, 0.25) is 0 Å². The molecule has 0 aliphatic carbocycles. The third-order valence-corrected chi connectivity index (χ3v) is 3.97. The smallest absolute Gasteiger partial charge is 0.239 e. The van der Waals surface area contributed by atoms with Gasteiger partial charge < -0.3 is 10.2 Å².